The number of benzene rings is 2. The molecule has 4 rings (SSSR count). The summed E-state index contributed by atoms with van der Waals surface area (Å²) in [5, 5.41) is 47.4. The monoisotopic (exact) mass is 598 g/mol. The SMILES string of the molecule is Cn1nnnc1SCC(=O)Nc1ccc(Cc2ccc(NC(=O)CSc3nnnn3C)c(C(=O)O)c2)cc1C(=O)O. The molecule has 0 spiro atoms. The Morgan fingerprint density at radius 3 is 1.49 bits per heavy atom. The number of carboxylic acids is 2. The molecule has 0 atom stereocenters. The lowest BCUT2D eigenvalue weighted by Crippen LogP contribution is -2.17. The number of carbonyl (C=O) groups is 4. The lowest BCUT2D eigenvalue weighted by molar-refractivity contribution is -0.114. The third-order valence-corrected chi connectivity index (χ3v) is 7.43. The first-order valence-corrected chi connectivity index (χ1v) is 13.6. The molecule has 0 saturated heterocycles. The van der Waals surface area contributed by atoms with Crippen molar-refractivity contribution >= 4 is 58.7 Å². The lowest BCUT2D eigenvalue weighted by atomic mass is 9.99. The molecule has 4 N–H and O–H groups in total. The summed E-state index contributed by atoms with van der Waals surface area (Å²) >= 11 is 2.19. The van der Waals surface area contributed by atoms with Crippen LogP contribution in [0, 0.1) is 0 Å². The molecule has 2 aromatic carbocycles. The summed E-state index contributed by atoms with van der Waals surface area (Å²) in [4.78, 5) is 48.6. The van der Waals surface area contributed by atoms with Crippen LogP contribution in [0.3, 0.4) is 0 Å². The molecule has 0 radical (unpaired) electrons. The van der Waals surface area contributed by atoms with E-state index in [2.05, 4.69) is 41.7 Å². The Kier molecular flexibility index (Phi) is 9.25. The average Bonchev–Trinajstić information content (AvgIpc) is 3.54. The number of thioether (sulfide) groups is 2. The Bertz CT molecular complexity index is 1500. The molecule has 2 aromatic heterocycles. The molecule has 0 saturated carbocycles. The standard InChI is InChI=1S/C23H22N10O6S2/c1-32-22(26-28-30-32)40-10-18(34)24-16-5-3-12(8-14(16)20(36)37)7-13-4-6-17(15(9-13)21(38)39)25-19(35)11-41-23-27-29-31-33(23)2/h3-6,8-9H,7,10-11H2,1-2H3,(H,24,34)(H,25,35)(H,36,37)(H,38,39). The van der Waals surface area contributed by atoms with Crippen LogP contribution in [0.2, 0.25) is 0 Å². The Labute approximate surface area is 239 Å². The normalized spacial score (nSPS) is 10.8. The number of amides is 2. The van der Waals surface area contributed by atoms with Crippen molar-refractivity contribution in [2.45, 2.75) is 16.7 Å². The van der Waals surface area contributed by atoms with E-state index in [0.717, 1.165) is 23.5 Å². The van der Waals surface area contributed by atoms with Crippen molar-refractivity contribution in [1.29, 1.82) is 0 Å². The van der Waals surface area contributed by atoms with Gasteiger partial charge >= 0.3 is 11.9 Å². The molecule has 0 unspecified atom stereocenters. The van der Waals surface area contributed by atoms with Gasteiger partial charge in [-0.25, -0.2) is 19.0 Å². The van der Waals surface area contributed by atoms with Gasteiger partial charge in [0.2, 0.25) is 22.1 Å². The van der Waals surface area contributed by atoms with Crippen LogP contribution >= 0.6 is 23.5 Å². The van der Waals surface area contributed by atoms with Gasteiger partial charge in [0.15, 0.2) is 0 Å². The second-order valence-electron chi connectivity index (χ2n) is 8.39. The van der Waals surface area contributed by atoms with Gasteiger partial charge < -0.3 is 20.8 Å². The van der Waals surface area contributed by atoms with E-state index in [4.69, 9.17) is 0 Å². The average molecular weight is 599 g/mol. The summed E-state index contributed by atoms with van der Waals surface area (Å²) in [6.45, 7) is 0. The van der Waals surface area contributed by atoms with Gasteiger partial charge in [-0.2, -0.15) is 0 Å². The van der Waals surface area contributed by atoms with Crippen LogP contribution in [-0.2, 0) is 30.1 Å². The van der Waals surface area contributed by atoms with Gasteiger partial charge in [-0.3, -0.25) is 9.59 Å². The second-order valence-corrected chi connectivity index (χ2v) is 10.3. The number of nitrogens with zero attached hydrogens (tertiary/aromatic N) is 8. The predicted octanol–water partition coefficient (Wildman–Crippen LogP) is 1.18. The molecule has 0 fully saturated rings. The number of carbonyl (C=O) groups excluding carboxylic acids is 2. The minimum absolute atomic E-state index is 0.0357. The van der Waals surface area contributed by atoms with Gasteiger partial charge in [0.25, 0.3) is 0 Å². The molecule has 2 amide bonds. The Morgan fingerprint density at radius 1 is 0.732 bits per heavy atom. The summed E-state index contributed by atoms with van der Waals surface area (Å²) in [7, 11) is 3.26. The molecule has 0 aliphatic rings. The number of aromatic carboxylic acids is 2. The Hall–Kier alpha value is -4.84. The van der Waals surface area contributed by atoms with E-state index < -0.39 is 23.8 Å². The van der Waals surface area contributed by atoms with Crippen LogP contribution in [0.4, 0.5) is 11.4 Å². The molecule has 2 heterocycles. The number of aryl methyl sites for hydroxylation is 2. The first-order valence-electron chi connectivity index (χ1n) is 11.6. The Morgan fingerprint density at radius 2 is 1.15 bits per heavy atom. The first-order chi connectivity index (χ1) is 19.6. The highest BCUT2D eigenvalue weighted by molar-refractivity contribution is 8.00. The third kappa shape index (κ3) is 7.63. The highest BCUT2D eigenvalue weighted by Crippen LogP contribution is 2.24. The number of carboxylic acid groups (broad SMARTS) is 2. The van der Waals surface area contributed by atoms with Crippen LogP contribution in [-0.4, -0.2) is 85.9 Å². The number of hydrogen-bond acceptors (Lipinski definition) is 12. The van der Waals surface area contributed by atoms with Crippen LogP contribution < -0.4 is 10.6 Å². The van der Waals surface area contributed by atoms with E-state index in [9.17, 15) is 29.4 Å². The fraction of sp³-hybridized carbons (Fsp3) is 0.217. The Balaban J connectivity index is 1.43. The number of rotatable bonds is 12. The summed E-state index contributed by atoms with van der Waals surface area (Å²) in [5.74, 6) is -3.44. The number of hydrogen-bond donors (Lipinski definition) is 4. The van der Waals surface area contributed by atoms with Crippen molar-refractivity contribution in [2.75, 3.05) is 22.1 Å². The number of nitrogens with one attached hydrogen (secondary N) is 2. The fourth-order valence-electron chi connectivity index (χ4n) is 3.53. The highest BCUT2D eigenvalue weighted by Gasteiger charge is 2.17. The highest BCUT2D eigenvalue weighted by atomic mass is 32.2. The smallest absolute Gasteiger partial charge is 0.337 e. The quantitative estimate of drug-likeness (QED) is 0.168. The van der Waals surface area contributed by atoms with Gasteiger partial charge in [-0.15, -0.1) is 10.2 Å². The zero-order valence-electron chi connectivity index (χ0n) is 21.5. The number of tetrazole rings is 2. The van der Waals surface area contributed by atoms with Gasteiger partial charge in [-0.1, -0.05) is 35.7 Å². The molecule has 16 nitrogen and oxygen atoms in total. The van der Waals surface area contributed by atoms with E-state index in [-0.39, 0.29) is 40.4 Å². The van der Waals surface area contributed by atoms with Crippen molar-refractivity contribution in [2.24, 2.45) is 14.1 Å². The topological polar surface area (TPSA) is 220 Å². The van der Waals surface area contributed by atoms with Crippen molar-refractivity contribution in [3.63, 3.8) is 0 Å². The van der Waals surface area contributed by atoms with E-state index in [1.165, 1.54) is 33.6 Å². The molecule has 4 aromatic rings. The zero-order valence-corrected chi connectivity index (χ0v) is 23.1. The van der Waals surface area contributed by atoms with Gasteiger partial charge in [0.1, 0.15) is 0 Å². The third-order valence-electron chi connectivity index (χ3n) is 5.41. The molecule has 212 valence electrons. The van der Waals surface area contributed by atoms with E-state index >= 15 is 0 Å². The van der Waals surface area contributed by atoms with E-state index in [1.807, 2.05) is 0 Å². The maximum atomic E-state index is 12.4. The maximum Gasteiger partial charge on any atom is 0.337 e. The van der Waals surface area contributed by atoms with Crippen LogP contribution in [0.5, 0.6) is 0 Å². The molecule has 0 aliphatic carbocycles. The van der Waals surface area contributed by atoms with E-state index in [0.29, 0.717) is 21.4 Å². The van der Waals surface area contributed by atoms with Crippen LogP contribution in [0.15, 0.2) is 46.7 Å². The molecular weight excluding hydrogens is 576 g/mol. The summed E-state index contributed by atoms with van der Waals surface area (Å²) in [6, 6.07) is 9.04. The first kappa shape index (κ1) is 29.2. The molecular formula is C23H22N10O6S2. The van der Waals surface area contributed by atoms with Gasteiger partial charge in [0.05, 0.1) is 34.0 Å². The second kappa shape index (κ2) is 13.0. The summed E-state index contributed by atoms with van der Waals surface area (Å²) in [5.41, 5.74) is 1.12. The minimum atomic E-state index is -1.24. The molecule has 41 heavy (non-hydrogen) atoms. The van der Waals surface area contributed by atoms with Gasteiger partial charge in [-0.05, 0) is 62.7 Å². The van der Waals surface area contributed by atoms with Crippen molar-refractivity contribution in [1.82, 2.24) is 40.4 Å². The summed E-state index contributed by atoms with van der Waals surface area (Å²) < 4.78 is 2.81. The predicted molar refractivity (Wildman–Crippen MR) is 146 cm³/mol. The van der Waals surface area contributed by atoms with Crippen molar-refractivity contribution in [3.8, 4) is 0 Å². The van der Waals surface area contributed by atoms with Gasteiger partial charge in [0, 0.05) is 14.1 Å². The lowest BCUT2D eigenvalue weighted by Gasteiger charge is -2.12. The fourth-order valence-corrected chi connectivity index (χ4v) is 4.83. The molecule has 18 heteroatoms. The maximum absolute atomic E-state index is 12.4. The van der Waals surface area contributed by atoms with Crippen LogP contribution in [0.25, 0.3) is 0 Å². The molecule has 0 aliphatic heterocycles. The largest absolute Gasteiger partial charge is 0.478 e. The number of anilines is 2. The molecule has 0 bridgehead atoms. The van der Waals surface area contributed by atoms with Crippen molar-refractivity contribution < 1.29 is 29.4 Å². The van der Waals surface area contributed by atoms with Crippen molar-refractivity contribution in [3.05, 3.63) is 58.7 Å². The zero-order chi connectivity index (χ0) is 29.5. The van der Waals surface area contributed by atoms with E-state index in [1.54, 1.807) is 26.2 Å². The minimum Gasteiger partial charge on any atom is -0.478 e. The summed E-state index contributed by atoms with van der Waals surface area (Å²) in [6.07, 6.45) is 0.201. The van der Waals surface area contributed by atoms with Crippen LogP contribution in [0.1, 0.15) is 31.8 Å². The number of aromatic nitrogens is 8.